The summed E-state index contributed by atoms with van der Waals surface area (Å²) >= 11 is 0. The van der Waals surface area contributed by atoms with E-state index in [9.17, 15) is 0 Å². The van der Waals surface area contributed by atoms with Crippen molar-refractivity contribution in [3.63, 3.8) is 0 Å². The van der Waals surface area contributed by atoms with Crippen LogP contribution >= 0.6 is 0 Å². The molecular weight excluding hydrogens is 462 g/mol. The molecule has 1 aliphatic carbocycles. The Hall–Kier alpha value is -4.76. The number of aromatic nitrogens is 2. The minimum atomic E-state index is 0.554. The van der Waals surface area contributed by atoms with E-state index in [1.54, 1.807) is 6.08 Å². The van der Waals surface area contributed by atoms with E-state index in [0.717, 1.165) is 12.1 Å². The Morgan fingerprint density at radius 3 is 2.37 bits per heavy atom. The summed E-state index contributed by atoms with van der Waals surface area (Å²) in [6, 6.07) is 34.1. The van der Waals surface area contributed by atoms with Gasteiger partial charge in [-0.15, -0.1) is 0 Å². The van der Waals surface area contributed by atoms with E-state index in [1.165, 1.54) is 49.7 Å². The molecule has 3 heteroatoms. The second-order valence-corrected chi connectivity index (χ2v) is 9.70. The van der Waals surface area contributed by atoms with Crippen LogP contribution in [0.5, 0.6) is 0 Å². The number of allylic oxidation sites excluding steroid dienone is 3. The third kappa shape index (κ3) is 4.33. The van der Waals surface area contributed by atoms with E-state index in [1.807, 2.05) is 42.6 Å². The van der Waals surface area contributed by atoms with Crippen LogP contribution in [0.15, 0.2) is 128 Å². The van der Waals surface area contributed by atoms with Crippen LogP contribution < -0.4 is 5.32 Å². The first-order chi connectivity index (χ1) is 18.7. The summed E-state index contributed by atoms with van der Waals surface area (Å²) in [7, 11) is 0. The standard InChI is InChI=1S/C25H20N2.C10H11N/c1-16-8-7-12-21-25(16)20-14-19-18-11-5-6-13-23(18)27(17-9-3-2-4-10-17)24(19)15-22(20)26-21;1-2-3-9-11-10-7-5-4-6-8-10/h2-7,9-16,26H,8H2,1H3;2-9,11H,1H2/b;9-3-. The lowest BCUT2D eigenvalue weighted by atomic mass is 9.90. The molecule has 6 aromatic rings. The van der Waals surface area contributed by atoms with Gasteiger partial charge in [0.25, 0.3) is 0 Å². The van der Waals surface area contributed by atoms with E-state index in [-0.39, 0.29) is 0 Å². The molecule has 2 aromatic heterocycles. The number of nitrogens with one attached hydrogen (secondary N) is 2. The molecule has 0 aliphatic heterocycles. The lowest BCUT2D eigenvalue weighted by Gasteiger charge is -2.14. The molecule has 3 nitrogen and oxygen atoms in total. The summed E-state index contributed by atoms with van der Waals surface area (Å²) in [5.74, 6) is 0.554. The maximum Gasteiger partial charge on any atom is 0.0562 e. The Kier molecular flexibility index (Phi) is 6.41. The molecule has 4 aromatic carbocycles. The van der Waals surface area contributed by atoms with Crippen molar-refractivity contribution in [2.45, 2.75) is 19.3 Å². The fraction of sp³-hybridized carbons (Fsp3) is 0.0857. The van der Waals surface area contributed by atoms with Crippen LogP contribution in [0, 0.1) is 0 Å². The van der Waals surface area contributed by atoms with E-state index in [2.05, 4.69) is 107 Å². The minimum Gasteiger partial charge on any atom is -0.362 e. The molecule has 0 spiro atoms. The van der Waals surface area contributed by atoms with Crippen molar-refractivity contribution in [2.75, 3.05) is 5.32 Å². The van der Waals surface area contributed by atoms with E-state index < -0.39 is 0 Å². The maximum absolute atomic E-state index is 3.66. The number of anilines is 1. The second-order valence-electron chi connectivity index (χ2n) is 9.70. The van der Waals surface area contributed by atoms with Crippen LogP contribution in [-0.2, 0) is 0 Å². The van der Waals surface area contributed by atoms with Crippen LogP contribution in [0.1, 0.15) is 30.5 Å². The van der Waals surface area contributed by atoms with Crippen molar-refractivity contribution in [1.82, 2.24) is 9.55 Å². The van der Waals surface area contributed by atoms with Gasteiger partial charge in [0.15, 0.2) is 0 Å². The Morgan fingerprint density at radius 1 is 0.842 bits per heavy atom. The van der Waals surface area contributed by atoms with Crippen molar-refractivity contribution < 1.29 is 0 Å². The molecule has 38 heavy (non-hydrogen) atoms. The maximum atomic E-state index is 3.66. The number of nitrogens with zero attached hydrogens (tertiary/aromatic N) is 1. The summed E-state index contributed by atoms with van der Waals surface area (Å²) in [4.78, 5) is 3.66. The smallest absolute Gasteiger partial charge is 0.0562 e. The van der Waals surface area contributed by atoms with Gasteiger partial charge in [-0.3, -0.25) is 0 Å². The highest BCUT2D eigenvalue weighted by Gasteiger charge is 2.21. The van der Waals surface area contributed by atoms with Gasteiger partial charge >= 0.3 is 0 Å². The van der Waals surface area contributed by atoms with Crippen molar-refractivity contribution in [3.05, 3.63) is 139 Å². The zero-order valence-electron chi connectivity index (χ0n) is 21.6. The van der Waals surface area contributed by atoms with Gasteiger partial charge in [-0.2, -0.15) is 0 Å². The molecule has 0 saturated heterocycles. The number of hydrogen-bond donors (Lipinski definition) is 2. The van der Waals surface area contributed by atoms with Gasteiger partial charge in [0, 0.05) is 44.9 Å². The molecule has 0 amide bonds. The number of rotatable bonds is 4. The molecular formula is C35H31N3. The fourth-order valence-corrected chi connectivity index (χ4v) is 5.47. The molecule has 0 radical (unpaired) electrons. The average Bonchev–Trinajstić information content (AvgIpc) is 3.49. The Bertz CT molecular complexity index is 1780. The quantitative estimate of drug-likeness (QED) is 0.235. The lowest BCUT2D eigenvalue weighted by Crippen LogP contribution is -1.97. The molecule has 1 atom stereocenters. The predicted molar refractivity (Wildman–Crippen MR) is 164 cm³/mol. The number of para-hydroxylation sites is 3. The molecule has 0 fully saturated rings. The highest BCUT2D eigenvalue weighted by atomic mass is 15.0. The number of fused-ring (bicyclic) bond motifs is 6. The van der Waals surface area contributed by atoms with Crippen molar-refractivity contribution in [1.29, 1.82) is 0 Å². The number of aromatic amines is 1. The van der Waals surface area contributed by atoms with Crippen molar-refractivity contribution in [2.24, 2.45) is 0 Å². The SMILES string of the molecule is C=C/C=C\Nc1ccccc1.CC1CC=Cc2[nH]c3cc4c(cc3c21)c1ccccc1n4-c1ccccc1. The molecule has 2 N–H and O–H groups in total. The van der Waals surface area contributed by atoms with Gasteiger partial charge in [-0.25, -0.2) is 0 Å². The molecule has 0 bridgehead atoms. The highest BCUT2D eigenvalue weighted by molar-refractivity contribution is 6.14. The van der Waals surface area contributed by atoms with Crippen LogP contribution in [0.3, 0.4) is 0 Å². The molecule has 0 saturated carbocycles. The van der Waals surface area contributed by atoms with Crippen LogP contribution in [0.2, 0.25) is 0 Å². The third-order valence-corrected chi connectivity index (χ3v) is 7.20. The Balaban J connectivity index is 0.000000204. The highest BCUT2D eigenvalue weighted by Crippen LogP contribution is 2.40. The van der Waals surface area contributed by atoms with Gasteiger partial charge in [0.2, 0.25) is 0 Å². The van der Waals surface area contributed by atoms with Gasteiger partial charge in [-0.1, -0.05) is 80.3 Å². The largest absolute Gasteiger partial charge is 0.362 e. The summed E-state index contributed by atoms with van der Waals surface area (Å²) < 4.78 is 2.38. The molecule has 2 heterocycles. The summed E-state index contributed by atoms with van der Waals surface area (Å²) in [6.45, 7) is 5.89. The second kappa shape index (κ2) is 10.3. The van der Waals surface area contributed by atoms with Crippen molar-refractivity contribution in [3.8, 4) is 5.69 Å². The molecule has 1 unspecified atom stereocenters. The van der Waals surface area contributed by atoms with Crippen LogP contribution in [0.25, 0.3) is 44.5 Å². The number of benzene rings is 4. The minimum absolute atomic E-state index is 0.554. The lowest BCUT2D eigenvalue weighted by molar-refractivity contribution is 0.778. The summed E-state index contributed by atoms with van der Waals surface area (Å²) in [5, 5.41) is 7.10. The van der Waals surface area contributed by atoms with E-state index >= 15 is 0 Å². The number of hydrogen-bond acceptors (Lipinski definition) is 1. The first kappa shape index (κ1) is 23.6. The molecule has 186 valence electrons. The topological polar surface area (TPSA) is 32.8 Å². The molecule has 1 aliphatic rings. The fourth-order valence-electron chi connectivity index (χ4n) is 5.47. The summed E-state index contributed by atoms with van der Waals surface area (Å²) in [6.07, 6.45) is 11.1. The van der Waals surface area contributed by atoms with Gasteiger partial charge in [0.1, 0.15) is 0 Å². The summed E-state index contributed by atoms with van der Waals surface area (Å²) in [5.41, 5.74) is 8.76. The van der Waals surface area contributed by atoms with Crippen LogP contribution in [-0.4, -0.2) is 9.55 Å². The van der Waals surface area contributed by atoms with E-state index in [4.69, 9.17) is 0 Å². The third-order valence-electron chi connectivity index (χ3n) is 7.20. The zero-order valence-corrected chi connectivity index (χ0v) is 21.6. The first-order valence-corrected chi connectivity index (χ1v) is 13.1. The molecule has 7 rings (SSSR count). The Labute approximate surface area is 223 Å². The van der Waals surface area contributed by atoms with E-state index in [0.29, 0.717) is 5.92 Å². The van der Waals surface area contributed by atoms with Crippen molar-refractivity contribution >= 4 is 44.5 Å². The predicted octanol–water partition coefficient (Wildman–Crippen LogP) is 9.58. The Morgan fingerprint density at radius 2 is 1.58 bits per heavy atom. The van der Waals surface area contributed by atoms with Gasteiger partial charge < -0.3 is 14.9 Å². The van der Waals surface area contributed by atoms with Crippen LogP contribution in [0.4, 0.5) is 5.69 Å². The zero-order chi connectivity index (χ0) is 25.9. The van der Waals surface area contributed by atoms with Gasteiger partial charge in [0.05, 0.1) is 11.0 Å². The average molecular weight is 494 g/mol. The first-order valence-electron chi connectivity index (χ1n) is 13.1. The van der Waals surface area contributed by atoms with Gasteiger partial charge in [-0.05, 0) is 72.5 Å². The monoisotopic (exact) mass is 493 g/mol. The normalized spacial score (nSPS) is 14.5. The number of H-pyrrole nitrogens is 1.